The first kappa shape index (κ1) is 16.2. The van der Waals surface area contributed by atoms with Gasteiger partial charge in [-0.3, -0.25) is 4.79 Å². The van der Waals surface area contributed by atoms with Gasteiger partial charge in [0.2, 0.25) is 0 Å². The van der Waals surface area contributed by atoms with E-state index < -0.39 is 12.0 Å². The molecule has 0 aliphatic heterocycles. The maximum absolute atomic E-state index is 12.0. The summed E-state index contributed by atoms with van der Waals surface area (Å²) in [4.78, 5) is 23.0. The highest BCUT2D eigenvalue weighted by atomic mass is 16.4. The van der Waals surface area contributed by atoms with Gasteiger partial charge in [0.25, 0.3) is 5.91 Å². The fourth-order valence-corrected chi connectivity index (χ4v) is 1.82. The van der Waals surface area contributed by atoms with Crippen LogP contribution in [-0.4, -0.2) is 23.0 Å². The zero-order valence-electron chi connectivity index (χ0n) is 12.3. The number of benzene rings is 1. The highest BCUT2D eigenvalue weighted by Gasteiger charge is 2.20. The lowest BCUT2D eigenvalue weighted by Crippen LogP contribution is -2.40. The summed E-state index contributed by atoms with van der Waals surface area (Å²) in [6, 6.07) is 6.35. The molecular formula is C16H22NO3. The summed E-state index contributed by atoms with van der Waals surface area (Å²) in [6.45, 7) is 9.89. The molecule has 0 aliphatic carbocycles. The third-order valence-electron chi connectivity index (χ3n) is 3.11. The first-order chi connectivity index (χ1) is 9.25. The van der Waals surface area contributed by atoms with E-state index >= 15 is 0 Å². The minimum Gasteiger partial charge on any atom is -0.480 e. The van der Waals surface area contributed by atoms with Crippen molar-refractivity contribution in [3.8, 4) is 0 Å². The van der Waals surface area contributed by atoms with Crippen LogP contribution in [0.4, 0.5) is 0 Å². The van der Waals surface area contributed by atoms with Crippen molar-refractivity contribution in [2.45, 2.75) is 45.1 Å². The molecule has 2 N–H and O–H groups in total. The Hall–Kier alpha value is -1.84. The SMILES string of the molecule is [CH2]CCC(NC(=O)c1ccc(C(C)(C)C)cc1)C(=O)O. The number of aliphatic carboxylic acids is 1. The molecule has 1 radical (unpaired) electrons. The van der Waals surface area contributed by atoms with Crippen LogP contribution in [-0.2, 0) is 10.2 Å². The summed E-state index contributed by atoms with van der Waals surface area (Å²) in [5.41, 5.74) is 1.61. The monoisotopic (exact) mass is 276 g/mol. The van der Waals surface area contributed by atoms with Crippen molar-refractivity contribution >= 4 is 11.9 Å². The van der Waals surface area contributed by atoms with Crippen LogP contribution >= 0.6 is 0 Å². The summed E-state index contributed by atoms with van der Waals surface area (Å²) >= 11 is 0. The highest BCUT2D eigenvalue weighted by molar-refractivity contribution is 5.96. The summed E-state index contributed by atoms with van der Waals surface area (Å²) < 4.78 is 0. The van der Waals surface area contributed by atoms with Gasteiger partial charge < -0.3 is 10.4 Å². The number of hydrogen-bond acceptors (Lipinski definition) is 2. The van der Waals surface area contributed by atoms with Gasteiger partial charge in [0.15, 0.2) is 0 Å². The van der Waals surface area contributed by atoms with Gasteiger partial charge in [-0.25, -0.2) is 4.79 Å². The van der Waals surface area contributed by atoms with E-state index in [4.69, 9.17) is 5.11 Å². The van der Waals surface area contributed by atoms with Crippen LogP contribution in [0.5, 0.6) is 0 Å². The van der Waals surface area contributed by atoms with Gasteiger partial charge in [0, 0.05) is 5.56 Å². The van der Waals surface area contributed by atoms with Crippen LogP contribution in [0, 0.1) is 6.92 Å². The minimum atomic E-state index is -1.03. The van der Waals surface area contributed by atoms with Crippen LogP contribution in [0.1, 0.15) is 49.5 Å². The Morgan fingerprint density at radius 1 is 1.25 bits per heavy atom. The second-order valence-corrected chi connectivity index (χ2v) is 5.83. The van der Waals surface area contributed by atoms with Gasteiger partial charge in [0.1, 0.15) is 6.04 Å². The summed E-state index contributed by atoms with van der Waals surface area (Å²) in [5.74, 6) is -1.40. The second-order valence-electron chi connectivity index (χ2n) is 5.83. The third kappa shape index (κ3) is 4.37. The second kappa shape index (κ2) is 6.55. The van der Waals surface area contributed by atoms with Crippen molar-refractivity contribution in [1.82, 2.24) is 5.32 Å². The number of carboxylic acids is 1. The molecule has 0 heterocycles. The highest BCUT2D eigenvalue weighted by Crippen LogP contribution is 2.22. The quantitative estimate of drug-likeness (QED) is 0.869. The molecule has 0 aliphatic rings. The summed E-state index contributed by atoms with van der Waals surface area (Å²) in [5, 5.41) is 11.5. The van der Waals surface area contributed by atoms with Crippen LogP contribution < -0.4 is 5.32 Å². The number of carbonyl (C=O) groups is 2. The average molecular weight is 276 g/mol. The Kier molecular flexibility index (Phi) is 5.31. The van der Waals surface area contributed by atoms with Gasteiger partial charge in [0.05, 0.1) is 0 Å². The molecule has 0 bridgehead atoms. The minimum absolute atomic E-state index is 0.0203. The van der Waals surface area contributed by atoms with Crippen molar-refractivity contribution in [3.63, 3.8) is 0 Å². The molecule has 0 saturated carbocycles. The molecule has 1 aromatic rings. The maximum Gasteiger partial charge on any atom is 0.326 e. The lowest BCUT2D eigenvalue weighted by Gasteiger charge is -2.19. The lowest BCUT2D eigenvalue weighted by atomic mass is 9.86. The molecule has 109 valence electrons. The van der Waals surface area contributed by atoms with E-state index in [1.807, 2.05) is 12.1 Å². The predicted molar refractivity (Wildman–Crippen MR) is 78.6 cm³/mol. The van der Waals surface area contributed by atoms with Gasteiger partial charge in [-0.15, -0.1) is 0 Å². The number of nitrogens with one attached hydrogen (secondary N) is 1. The molecule has 4 heteroatoms. The zero-order chi connectivity index (χ0) is 15.3. The molecule has 1 atom stereocenters. The molecule has 1 aromatic carbocycles. The normalized spacial score (nSPS) is 12.8. The van der Waals surface area contributed by atoms with Crippen LogP contribution in [0.3, 0.4) is 0 Å². The molecule has 4 nitrogen and oxygen atoms in total. The number of hydrogen-bond donors (Lipinski definition) is 2. The molecule has 0 spiro atoms. The van der Waals surface area contributed by atoms with E-state index in [-0.39, 0.29) is 11.3 Å². The fourth-order valence-electron chi connectivity index (χ4n) is 1.82. The predicted octanol–water partition coefficient (Wildman–Crippen LogP) is 2.78. The van der Waals surface area contributed by atoms with E-state index in [1.54, 1.807) is 12.1 Å². The Bertz CT molecular complexity index is 471. The average Bonchev–Trinajstić information content (AvgIpc) is 2.37. The van der Waals surface area contributed by atoms with Crippen molar-refractivity contribution in [2.75, 3.05) is 0 Å². The van der Waals surface area contributed by atoms with Gasteiger partial charge in [-0.2, -0.15) is 0 Å². The van der Waals surface area contributed by atoms with E-state index in [9.17, 15) is 9.59 Å². The lowest BCUT2D eigenvalue weighted by molar-refractivity contribution is -0.139. The molecule has 0 fully saturated rings. The molecule has 20 heavy (non-hydrogen) atoms. The Morgan fingerprint density at radius 2 is 1.80 bits per heavy atom. The summed E-state index contributed by atoms with van der Waals surface area (Å²) in [6.07, 6.45) is 0.779. The number of carboxylic acid groups (broad SMARTS) is 1. The maximum atomic E-state index is 12.0. The number of amides is 1. The molecule has 1 amide bonds. The van der Waals surface area contributed by atoms with E-state index in [0.717, 1.165) is 5.56 Å². The largest absolute Gasteiger partial charge is 0.480 e. The molecule has 1 unspecified atom stereocenters. The van der Waals surface area contributed by atoms with Crippen LogP contribution in [0.15, 0.2) is 24.3 Å². The van der Waals surface area contributed by atoms with Crippen molar-refractivity contribution < 1.29 is 14.7 Å². The van der Waals surface area contributed by atoms with Gasteiger partial charge >= 0.3 is 5.97 Å². The van der Waals surface area contributed by atoms with Gasteiger partial charge in [-0.05, 0) is 29.5 Å². The molecular weight excluding hydrogens is 254 g/mol. The smallest absolute Gasteiger partial charge is 0.326 e. The van der Waals surface area contributed by atoms with Gasteiger partial charge in [-0.1, -0.05) is 46.2 Å². The van der Waals surface area contributed by atoms with E-state index in [1.165, 1.54) is 0 Å². The van der Waals surface area contributed by atoms with Crippen molar-refractivity contribution in [1.29, 1.82) is 0 Å². The standard InChI is InChI=1S/C16H22NO3/c1-5-6-13(15(19)20)17-14(18)11-7-9-12(10-8-11)16(2,3)4/h7-10,13H,1,5-6H2,2-4H3,(H,17,18)(H,19,20). The fraction of sp³-hybridized carbons (Fsp3) is 0.438. The molecule has 0 saturated heterocycles. The summed E-state index contributed by atoms with van der Waals surface area (Å²) in [7, 11) is 0. The zero-order valence-corrected chi connectivity index (χ0v) is 12.3. The number of rotatable bonds is 5. The first-order valence-corrected chi connectivity index (χ1v) is 6.69. The number of carbonyl (C=O) groups excluding carboxylic acids is 1. The van der Waals surface area contributed by atoms with Crippen LogP contribution in [0.25, 0.3) is 0 Å². The van der Waals surface area contributed by atoms with E-state index in [0.29, 0.717) is 18.4 Å². The topological polar surface area (TPSA) is 66.4 Å². The molecule has 0 aromatic heterocycles. The van der Waals surface area contributed by atoms with Crippen LogP contribution in [0.2, 0.25) is 0 Å². The Balaban J connectivity index is 2.80. The first-order valence-electron chi connectivity index (χ1n) is 6.69. The third-order valence-corrected chi connectivity index (χ3v) is 3.11. The Labute approximate surface area is 120 Å². The van der Waals surface area contributed by atoms with Crippen molar-refractivity contribution in [2.24, 2.45) is 0 Å². The van der Waals surface area contributed by atoms with Crippen molar-refractivity contribution in [3.05, 3.63) is 42.3 Å². The molecule has 1 rings (SSSR count). The Morgan fingerprint density at radius 3 is 2.20 bits per heavy atom. The van der Waals surface area contributed by atoms with E-state index in [2.05, 4.69) is 33.0 Å².